The second kappa shape index (κ2) is 7.07. The third-order valence-corrected chi connectivity index (χ3v) is 3.54. The number of halogens is 1. The maximum absolute atomic E-state index is 12.8. The Kier molecular flexibility index (Phi) is 5.15. The largest absolute Gasteiger partial charge is 0.481 e. The lowest BCUT2D eigenvalue weighted by atomic mass is 10.1. The molecule has 0 fully saturated rings. The number of nitrogens with one attached hydrogen (secondary N) is 1. The van der Waals surface area contributed by atoms with Crippen LogP contribution in [-0.2, 0) is 11.3 Å². The molecule has 3 nitrogen and oxygen atoms in total. The summed E-state index contributed by atoms with van der Waals surface area (Å²) in [6.45, 7) is 6.08. The lowest BCUT2D eigenvalue weighted by molar-refractivity contribution is -0.127. The van der Waals surface area contributed by atoms with Gasteiger partial charge in [-0.3, -0.25) is 4.79 Å². The first-order valence-corrected chi connectivity index (χ1v) is 7.22. The fourth-order valence-corrected chi connectivity index (χ4v) is 1.98. The Balaban J connectivity index is 1.88. The van der Waals surface area contributed by atoms with Crippen LogP contribution < -0.4 is 10.1 Å². The molecule has 0 unspecified atom stereocenters. The van der Waals surface area contributed by atoms with Gasteiger partial charge in [0.1, 0.15) is 11.6 Å². The third kappa shape index (κ3) is 4.32. The summed E-state index contributed by atoms with van der Waals surface area (Å²) in [5.74, 6) is 0.177. The number of benzene rings is 2. The molecule has 1 atom stereocenters. The van der Waals surface area contributed by atoms with Gasteiger partial charge in [0, 0.05) is 6.54 Å². The van der Waals surface area contributed by atoms with Gasteiger partial charge >= 0.3 is 0 Å². The fraction of sp³-hybridized carbons (Fsp3) is 0.278. The highest BCUT2D eigenvalue weighted by atomic mass is 19.1. The normalized spacial score (nSPS) is 11.8. The number of ether oxygens (including phenoxy) is 1. The molecule has 0 radical (unpaired) electrons. The molecule has 2 aromatic carbocycles. The van der Waals surface area contributed by atoms with Gasteiger partial charge in [-0.1, -0.05) is 18.2 Å². The van der Waals surface area contributed by atoms with E-state index in [0.29, 0.717) is 12.3 Å². The smallest absolute Gasteiger partial charge is 0.261 e. The summed E-state index contributed by atoms with van der Waals surface area (Å²) in [6.07, 6.45) is -0.595. The van der Waals surface area contributed by atoms with Crippen LogP contribution in [0.25, 0.3) is 0 Å². The number of carbonyl (C=O) groups is 1. The van der Waals surface area contributed by atoms with Gasteiger partial charge in [0.05, 0.1) is 0 Å². The molecule has 116 valence electrons. The van der Waals surface area contributed by atoms with E-state index >= 15 is 0 Å². The summed E-state index contributed by atoms with van der Waals surface area (Å²) in [7, 11) is 0. The van der Waals surface area contributed by atoms with Crippen molar-refractivity contribution < 1.29 is 13.9 Å². The summed E-state index contributed by atoms with van der Waals surface area (Å²) in [4.78, 5) is 12.0. The summed E-state index contributed by atoms with van der Waals surface area (Å²) in [5.41, 5.74) is 3.14. The lowest BCUT2D eigenvalue weighted by Crippen LogP contribution is -2.35. The second-order valence-electron chi connectivity index (χ2n) is 5.35. The number of hydrogen-bond acceptors (Lipinski definition) is 2. The van der Waals surface area contributed by atoms with Gasteiger partial charge in [-0.2, -0.15) is 0 Å². The first-order chi connectivity index (χ1) is 10.5. The molecule has 0 saturated heterocycles. The molecule has 0 spiro atoms. The average molecular weight is 301 g/mol. The van der Waals surface area contributed by atoms with Crippen molar-refractivity contribution in [2.24, 2.45) is 0 Å². The molecule has 1 N–H and O–H groups in total. The summed E-state index contributed by atoms with van der Waals surface area (Å²) >= 11 is 0. The Morgan fingerprint density at radius 1 is 1.14 bits per heavy atom. The number of carbonyl (C=O) groups excluding carboxylic acids is 1. The van der Waals surface area contributed by atoms with Gasteiger partial charge in [0.15, 0.2) is 6.10 Å². The van der Waals surface area contributed by atoms with E-state index in [9.17, 15) is 9.18 Å². The molecule has 22 heavy (non-hydrogen) atoms. The number of hydrogen-bond donors (Lipinski definition) is 1. The van der Waals surface area contributed by atoms with E-state index in [1.807, 2.05) is 32.0 Å². The highest BCUT2D eigenvalue weighted by Gasteiger charge is 2.14. The highest BCUT2D eigenvalue weighted by Crippen LogP contribution is 2.17. The predicted octanol–water partition coefficient (Wildman–Crippen LogP) is 3.53. The van der Waals surface area contributed by atoms with Gasteiger partial charge in [0.2, 0.25) is 0 Å². The molecule has 0 aliphatic heterocycles. The van der Waals surface area contributed by atoms with Crippen molar-refractivity contribution in [1.82, 2.24) is 5.32 Å². The highest BCUT2D eigenvalue weighted by molar-refractivity contribution is 5.80. The molecule has 0 aliphatic rings. The Morgan fingerprint density at radius 2 is 1.82 bits per heavy atom. The zero-order valence-corrected chi connectivity index (χ0v) is 13.0. The van der Waals surface area contributed by atoms with E-state index in [1.54, 1.807) is 19.1 Å². The Labute approximate surface area is 130 Å². The number of amides is 1. The molecule has 4 heteroatoms. The Hall–Kier alpha value is -2.36. The van der Waals surface area contributed by atoms with Crippen molar-refractivity contribution >= 4 is 5.91 Å². The van der Waals surface area contributed by atoms with E-state index in [1.165, 1.54) is 17.7 Å². The molecule has 0 aliphatic carbocycles. The summed E-state index contributed by atoms with van der Waals surface area (Å²) < 4.78 is 18.5. The Bertz CT molecular complexity index is 653. The molecule has 2 aromatic rings. The number of rotatable bonds is 5. The summed E-state index contributed by atoms with van der Waals surface area (Å²) in [6, 6.07) is 11.8. The topological polar surface area (TPSA) is 38.3 Å². The van der Waals surface area contributed by atoms with Crippen LogP contribution in [0, 0.1) is 19.7 Å². The maximum atomic E-state index is 12.8. The zero-order chi connectivity index (χ0) is 16.1. The van der Waals surface area contributed by atoms with Crippen LogP contribution in [0.1, 0.15) is 23.6 Å². The van der Waals surface area contributed by atoms with E-state index in [2.05, 4.69) is 5.32 Å². The monoisotopic (exact) mass is 301 g/mol. The SMILES string of the molecule is Cc1ccc(O[C@H](C)C(=O)NCc2ccc(F)cc2)cc1C. The molecule has 0 aromatic heterocycles. The first-order valence-electron chi connectivity index (χ1n) is 7.22. The van der Waals surface area contributed by atoms with Crippen LogP contribution in [0.3, 0.4) is 0 Å². The van der Waals surface area contributed by atoms with Crippen molar-refractivity contribution in [3.63, 3.8) is 0 Å². The van der Waals surface area contributed by atoms with Gasteiger partial charge in [0.25, 0.3) is 5.91 Å². The van der Waals surface area contributed by atoms with Gasteiger partial charge in [-0.15, -0.1) is 0 Å². The van der Waals surface area contributed by atoms with Crippen LogP contribution in [0.2, 0.25) is 0 Å². The van der Waals surface area contributed by atoms with Crippen molar-refractivity contribution in [1.29, 1.82) is 0 Å². The lowest BCUT2D eigenvalue weighted by Gasteiger charge is -2.15. The van der Waals surface area contributed by atoms with Crippen LogP contribution in [-0.4, -0.2) is 12.0 Å². The molecule has 0 saturated carbocycles. The van der Waals surface area contributed by atoms with Crippen LogP contribution in [0.5, 0.6) is 5.75 Å². The van der Waals surface area contributed by atoms with E-state index in [4.69, 9.17) is 4.74 Å². The zero-order valence-electron chi connectivity index (χ0n) is 13.0. The number of aryl methyl sites for hydroxylation is 2. The average Bonchev–Trinajstić information content (AvgIpc) is 2.50. The van der Waals surface area contributed by atoms with Gasteiger partial charge in [-0.05, 0) is 61.7 Å². The minimum atomic E-state index is -0.595. The molecule has 2 rings (SSSR count). The van der Waals surface area contributed by atoms with Crippen molar-refractivity contribution in [2.75, 3.05) is 0 Å². The van der Waals surface area contributed by atoms with Gasteiger partial charge < -0.3 is 10.1 Å². The van der Waals surface area contributed by atoms with E-state index in [0.717, 1.165) is 11.1 Å². The van der Waals surface area contributed by atoms with Crippen molar-refractivity contribution in [3.8, 4) is 5.75 Å². The third-order valence-electron chi connectivity index (χ3n) is 3.54. The van der Waals surface area contributed by atoms with Crippen LogP contribution in [0.15, 0.2) is 42.5 Å². The minimum Gasteiger partial charge on any atom is -0.481 e. The van der Waals surface area contributed by atoms with Crippen LogP contribution >= 0.6 is 0 Å². The molecule has 0 heterocycles. The van der Waals surface area contributed by atoms with E-state index in [-0.39, 0.29) is 11.7 Å². The molecule has 1 amide bonds. The van der Waals surface area contributed by atoms with Crippen molar-refractivity contribution in [2.45, 2.75) is 33.4 Å². The van der Waals surface area contributed by atoms with Crippen molar-refractivity contribution in [3.05, 3.63) is 65.0 Å². The predicted molar refractivity (Wildman–Crippen MR) is 84.3 cm³/mol. The Morgan fingerprint density at radius 3 is 2.45 bits per heavy atom. The second-order valence-corrected chi connectivity index (χ2v) is 5.35. The van der Waals surface area contributed by atoms with Gasteiger partial charge in [-0.25, -0.2) is 4.39 Å². The fourth-order valence-electron chi connectivity index (χ4n) is 1.98. The molecular formula is C18H20FNO2. The molecular weight excluding hydrogens is 281 g/mol. The molecule has 0 bridgehead atoms. The van der Waals surface area contributed by atoms with E-state index < -0.39 is 6.10 Å². The summed E-state index contributed by atoms with van der Waals surface area (Å²) in [5, 5.41) is 2.78. The maximum Gasteiger partial charge on any atom is 0.261 e. The minimum absolute atomic E-state index is 0.206. The first kappa shape index (κ1) is 16.0. The standard InChI is InChI=1S/C18H20FNO2/c1-12-4-9-17(10-13(12)2)22-14(3)18(21)20-11-15-5-7-16(19)8-6-15/h4-10,14H,11H2,1-3H3,(H,20,21)/t14-/m1/s1. The quantitative estimate of drug-likeness (QED) is 0.917. The van der Waals surface area contributed by atoms with Crippen LogP contribution in [0.4, 0.5) is 4.39 Å².